The van der Waals surface area contributed by atoms with E-state index in [-0.39, 0.29) is 0 Å². The van der Waals surface area contributed by atoms with Gasteiger partial charge in [-0.05, 0) is 24.1 Å². The normalized spacial score (nSPS) is 16.8. The minimum Gasteiger partial charge on any atom is -0.497 e. The SMILES string of the molecule is ICCC1=CCOC=C1. The zero-order chi connectivity index (χ0) is 6.53. The largest absolute Gasteiger partial charge is 0.497 e. The number of halogens is 1. The maximum absolute atomic E-state index is 4.99. The van der Waals surface area contributed by atoms with E-state index in [9.17, 15) is 0 Å². The zero-order valence-electron chi connectivity index (χ0n) is 5.14. The first-order valence-electron chi connectivity index (χ1n) is 2.96. The standard InChI is InChI=1S/C7H9IO/c8-4-1-7-2-5-9-6-3-7/h2-3,5H,1,4,6H2. The number of hydrogen-bond acceptors (Lipinski definition) is 1. The van der Waals surface area contributed by atoms with E-state index in [1.807, 2.05) is 6.08 Å². The molecule has 0 bridgehead atoms. The molecule has 2 heteroatoms. The summed E-state index contributed by atoms with van der Waals surface area (Å²) in [6.07, 6.45) is 7.09. The van der Waals surface area contributed by atoms with E-state index in [2.05, 4.69) is 28.7 Å². The molecular weight excluding hydrogens is 227 g/mol. The Hall–Kier alpha value is 0.01000. The van der Waals surface area contributed by atoms with Crippen LogP contribution in [0.5, 0.6) is 0 Å². The molecule has 0 aliphatic carbocycles. The van der Waals surface area contributed by atoms with E-state index in [0.717, 1.165) is 6.61 Å². The van der Waals surface area contributed by atoms with Gasteiger partial charge in [0.25, 0.3) is 0 Å². The van der Waals surface area contributed by atoms with Gasteiger partial charge in [-0.2, -0.15) is 0 Å². The van der Waals surface area contributed by atoms with Gasteiger partial charge < -0.3 is 4.74 Å². The lowest BCUT2D eigenvalue weighted by Gasteiger charge is -2.04. The second kappa shape index (κ2) is 3.93. The van der Waals surface area contributed by atoms with Crippen LogP contribution in [0.2, 0.25) is 0 Å². The van der Waals surface area contributed by atoms with Crippen molar-refractivity contribution in [3.8, 4) is 0 Å². The summed E-state index contributed by atoms with van der Waals surface area (Å²) in [5.74, 6) is 0. The van der Waals surface area contributed by atoms with Gasteiger partial charge in [0.15, 0.2) is 0 Å². The molecule has 0 spiro atoms. The van der Waals surface area contributed by atoms with Crippen molar-refractivity contribution in [1.82, 2.24) is 0 Å². The van der Waals surface area contributed by atoms with Gasteiger partial charge in [-0.1, -0.05) is 22.6 Å². The lowest BCUT2D eigenvalue weighted by atomic mass is 10.2. The van der Waals surface area contributed by atoms with Gasteiger partial charge in [0, 0.05) is 4.43 Å². The minimum absolute atomic E-state index is 0.752. The van der Waals surface area contributed by atoms with Crippen LogP contribution in [0.4, 0.5) is 0 Å². The third-order valence-corrected chi connectivity index (χ3v) is 1.74. The second-order valence-electron chi connectivity index (χ2n) is 1.85. The molecule has 1 rings (SSSR count). The number of alkyl halides is 1. The van der Waals surface area contributed by atoms with Gasteiger partial charge in [-0.25, -0.2) is 0 Å². The van der Waals surface area contributed by atoms with E-state index >= 15 is 0 Å². The fraction of sp³-hybridized carbons (Fsp3) is 0.429. The lowest BCUT2D eigenvalue weighted by Crippen LogP contribution is -1.92. The second-order valence-corrected chi connectivity index (χ2v) is 2.93. The molecule has 0 fully saturated rings. The predicted octanol–water partition coefficient (Wildman–Crippen LogP) is 2.28. The maximum Gasteiger partial charge on any atom is 0.106 e. The Morgan fingerprint density at radius 1 is 1.67 bits per heavy atom. The van der Waals surface area contributed by atoms with Crippen molar-refractivity contribution in [2.45, 2.75) is 6.42 Å². The van der Waals surface area contributed by atoms with Crippen LogP contribution in [0, 0.1) is 0 Å². The highest BCUT2D eigenvalue weighted by Gasteiger charge is 1.94. The van der Waals surface area contributed by atoms with Gasteiger partial charge in [-0.3, -0.25) is 0 Å². The van der Waals surface area contributed by atoms with Gasteiger partial charge in [0.2, 0.25) is 0 Å². The highest BCUT2D eigenvalue weighted by atomic mass is 127. The molecule has 50 valence electrons. The summed E-state index contributed by atoms with van der Waals surface area (Å²) >= 11 is 2.37. The Balaban J connectivity index is 2.38. The number of rotatable bonds is 2. The van der Waals surface area contributed by atoms with Crippen LogP contribution in [-0.4, -0.2) is 11.0 Å². The van der Waals surface area contributed by atoms with Crippen LogP contribution in [0.25, 0.3) is 0 Å². The molecule has 0 aromatic rings. The smallest absolute Gasteiger partial charge is 0.106 e. The van der Waals surface area contributed by atoms with E-state index in [1.54, 1.807) is 6.26 Å². The molecule has 0 aromatic heterocycles. The van der Waals surface area contributed by atoms with Crippen molar-refractivity contribution in [2.24, 2.45) is 0 Å². The molecule has 1 heterocycles. The fourth-order valence-corrected chi connectivity index (χ4v) is 1.33. The number of allylic oxidation sites excluding steroid dienone is 2. The van der Waals surface area contributed by atoms with Crippen molar-refractivity contribution < 1.29 is 4.74 Å². The molecule has 1 aliphatic rings. The molecule has 1 aliphatic heterocycles. The van der Waals surface area contributed by atoms with Crippen molar-refractivity contribution >= 4 is 22.6 Å². The average Bonchev–Trinajstić information content (AvgIpc) is 1.91. The number of ether oxygens (including phenoxy) is 1. The Bertz CT molecular complexity index is 138. The van der Waals surface area contributed by atoms with E-state index in [0.29, 0.717) is 0 Å². The summed E-state index contributed by atoms with van der Waals surface area (Å²) in [7, 11) is 0. The highest BCUT2D eigenvalue weighted by molar-refractivity contribution is 14.1. The molecule has 0 saturated carbocycles. The third-order valence-electron chi connectivity index (χ3n) is 1.20. The molecule has 0 saturated heterocycles. The van der Waals surface area contributed by atoms with Crippen LogP contribution in [-0.2, 0) is 4.74 Å². The Morgan fingerprint density at radius 2 is 2.56 bits per heavy atom. The molecule has 0 unspecified atom stereocenters. The minimum atomic E-state index is 0.752. The summed E-state index contributed by atoms with van der Waals surface area (Å²) in [6.45, 7) is 0.752. The van der Waals surface area contributed by atoms with Crippen LogP contribution in [0.3, 0.4) is 0 Å². The molecule has 0 radical (unpaired) electrons. The summed E-state index contributed by atoms with van der Waals surface area (Å²) in [5.41, 5.74) is 1.40. The molecular formula is C7H9IO. The molecule has 0 N–H and O–H groups in total. The van der Waals surface area contributed by atoms with Crippen LogP contribution in [0.1, 0.15) is 6.42 Å². The summed E-state index contributed by atoms with van der Waals surface area (Å²) in [4.78, 5) is 0. The quantitative estimate of drug-likeness (QED) is 0.528. The fourth-order valence-electron chi connectivity index (χ4n) is 0.709. The van der Waals surface area contributed by atoms with E-state index in [4.69, 9.17) is 4.74 Å². The molecule has 9 heavy (non-hydrogen) atoms. The molecule has 0 atom stereocenters. The van der Waals surface area contributed by atoms with Crippen molar-refractivity contribution in [3.05, 3.63) is 24.0 Å². The molecule has 0 amide bonds. The van der Waals surface area contributed by atoms with Crippen LogP contribution < -0.4 is 0 Å². The van der Waals surface area contributed by atoms with Gasteiger partial charge in [0.05, 0.1) is 6.26 Å². The summed E-state index contributed by atoms with van der Waals surface area (Å²) < 4.78 is 6.18. The van der Waals surface area contributed by atoms with Gasteiger partial charge in [-0.15, -0.1) is 0 Å². The van der Waals surface area contributed by atoms with Crippen molar-refractivity contribution in [1.29, 1.82) is 0 Å². The van der Waals surface area contributed by atoms with Gasteiger partial charge >= 0.3 is 0 Å². The zero-order valence-corrected chi connectivity index (χ0v) is 7.30. The van der Waals surface area contributed by atoms with Crippen LogP contribution >= 0.6 is 22.6 Å². The average molecular weight is 236 g/mol. The maximum atomic E-state index is 4.99. The third kappa shape index (κ3) is 2.39. The van der Waals surface area contributed by atoms with Crippen molar-refractivity contribution in [3.63, 3.8) is 0 Å². The van der Waals surface area contributed by atoms with E-state index < -0.39 is 0 Å². The monoisotopic (exact) mass is 236 g/mol. The highest BCUT2D eigenvalue weighted by Crippen LogP contribution is 2.09. The van der Waals surface area contributed by atoms with Gasteiger partial charge in [0.1, 0.15) is 6.61 Å². The Kier molecular flexibility index (Phi) is 3.11. The molecule has 1 nitrogen and oxygen atoms in total. The Morgan fingerprint density at radius 3 is 3.11 bits per heavy atom. The summed E-state index contributed by atoms with van der Waals surface area (Å²) in [6, 6.07) is 0. The first-order valence-corrected chi connectivity index (χ1v) is 4.49. The van der Waals surface area contributed by atoms with Crippen molar-refractivity contribution in [2.75, 3.05) is 11.0 Å². The topological polar surface area (TPSA) is 9.23 Å². The number of hydrogen-bond donors (Lipinski definition) is 0. The summed E-state index contributed by atoms with van der Waals surface area (Å²) in [5, 5.41) is 0. The molecule has 0 aromatic carbocycles. The van der Waals surface area contributed by atoms with E-state index in [1.165, 1.54) is 16.4 Å². The first-order chi connectivity index (χ1) is 4.43. The predicted molar refractivity (Wildman–Crippen MR) is 46.7 cm³/mol. The first kappa shape index (κ1) is 7.12. The lowest BCUT2D eigenvalue weighted by molar-refractivity contribution is 0.284. The van der Waals surface area contributed by atoms with Crippen LogP contribution in [0.15, 0.2) is 24.0 Å². The Labute approximate surface area is 68.9 Å².